The highest BCUT2D eigenvalue weighted by atomic mass is 19.2. The molecule has 110 valence electrons. The van der Waals surface area contributed by atoms with Crippen molar-refractivity contribution < 1.29 is 23.4 Å². The van der Waals surface area contributed by atoms with E-state index < -0.39 is 34.3 Å². The number of carbonyl (C=O) groups is 1. The van der Waals surface area contributed by atoms with E-state index in [-0.39, 0.29) is 16.9 Å². The molecular formula is C14H11F2NO4. The van der Waals surface area contributed by atoms with E-state index in [1.807, 2.05) is 0 Å². The zero-order valence-electron chi connectivity index (χ0n) is 11.0. The van der Waals surface area contributed by atoms with E-state index in [2.05, 4.69) is 0 Å². The van der Waals surface area contributed by atoms with Gasteiger partial charge in [-0.3, -0.25) is 4.79 Å². The number of carboxylic acids is 1. The Morgan fingerprint density at radius 2 is 2.05 bits per heavy atom. The molecule has 21 heavy (non-hydrogen) atoms. The third kappa shape index (κ3) is 1.96. The van der Waals surface area contributed by atoms with Crippen LogP contribution in [0.3, 0.4) is 0 Å². The number of nitrogens with zero attached hydrogens (tertiary/aromatic N) is 1. The van der Waals surface area contributed by atoms with Gasteiger partial charge in [-0.2, -0.15) is 4.39 Å². The van der Waals surface area contributed by atoms with Gasteiger partial charge in [0.25, 0.3) is 0 Å². The van der Waals surface area contributed by atoms with Gasteiger partial charge in [0.05, 0.1) is 18.0 Å². The SMILES string of the molecule is COc1cc2c(=O)c(C(=O)O)cn(C3CC3)c2c(F)c1F. The van der Waals surface area contributed by atoms with Crippen LogP contribution in [0.2, 0.25) is 0 Å². The summed E-state index contributed by atoms with van der Waals surface area (Å²) in [5, 5.41) is 8.89. The molecule has 0 radical (unpaired) electrons. The molecule has 1 fully saturated rings. The van der Waals surface area contributed by atoms with Crippen molar-refractivity contribution in [2.75, 3.05) is 7.11 Å². The number of carboxylic acid groups (broad SMARTS) is 1. The van der Waals surface area contributed by atoms with Gasteiger partial charge in [-0.1, -0.05) is 0 Å². The smallest absolute Gasteiger partial charge is 0.341 e. The van der Waals surface area contributed by atoms with Gasteiger partial charge in [-0.25, -0.2) is 9.18 Å². The number of halogens is 2. The van der Waals surface area contributed by atoms with Crippen LogP contribution in [0.4, 0.5) is 8.78 Å². The molecule has 1 aromatic heterocycles. The molecule has 0 spiro atoms. The van der Waals surface area contributed by atoms with Gasteiger partial charge in [-0.15, -0.1) is 0 Å². The zero-order valence-corrected chi connectivity index (χ0v) is 11.0. The molecule has 2 aromatic rings. The number of fused-ring (bicyclic) bond motifs is 1. The minimum atomic E-state index is -1.40. The number of hydrogen-bond acceptors (Lipinski definition) is 3. The Bertz CT molecular complexity index is 824. The Morgan fingerprint density at radius 1 is 1.38 bits per heavy atom. The van der Waals surface area contributed by atoms with E-state index in [9.17, 15) is 18.4 Å². The number of rotatable bonds is 3. The minimum absolute atomic E-state index is 0.117. The largest absolute Gasteiger partial charge is 0.494 e. The van der Waals surface area contributed by atoms with Gasteiger partial charge >= 0.3 is 5.97 Å². The summed E-state index contributed by atoms with van der Waals surface area (Å²) in [6.45, 7) is 0. The third-order valence-corrected chi connectivity index (χ3v) is 3.55. The normalized spacial score (nSPS) is 14.4. The number of pyridine rings is 1. The van der Waals surface area contributed by atoms with Crippen molar-refractivity contribution in [2.24, 2.45) is 0 Å². The molecule has 1 aromatic carbocycles. The lowest BCUT2D eigenvalue weighted by atomic mass is 10.1. The van der Waals surface area contributed by atoms with Crippen molar-refractivity contribution in [1.82, 2.24) is 4.57 Å². The maximum absolute atomic E-state index is 14.2. The minimum Gasteiger partial charge on any atom is -0.494 e. The van der Waals surface area contributed by atoms with Crippen LogP contribution in [0.1, 0.15) is 29.2 Å². The second-order valence-corrected chi connectivity index (χ2v) is 4.92. The first-order chi connectivity index (χ1) is 9.95. The van der Waals surface area contributed by atoms with E-state index in [1.165, 1.54) is 4.57 Å². The molecule has 1 aliphatic rings. The predicted octanol–water partition coefficient (Wildman–Crippen LogP) is 2.32. The van der Waals surface area contributed by atoms with E-state index in [0.717, 1.165) is 32.2 Å². The van der Waals surface area contributed by atoms with E-state index >= 15 is 0 Å². The number of aromatic nitrogens is 1. The number of benzene rings is 1. The lowest BCUT2D eigenvalue weighted by Gasteiger charge is -2.14. The number of aromatic carboxylic acids is 1. The molecule has 1 aliphatic carbocycles. The molecular weight excluding hydrogens is 284 g/mol. The maximum atomic E-state index is 14.2. The summed E-state index contributed by atoms with van der Waals surface area (Å²) in [6, 6.07) is 0.926. The predicted molar refractivity (Wildman–Crippen MR) is 69.9 cm³/mol. The van der Waals surface area contributed by atoms with Gasteiger partial charge in [0.15, 0.2) is 11.6 Å². The fourth-order valence-corrected chi connectivity index (χ4v) is 2.37. The first-order valence-corrected chi connectivity index (χ1v) is 6.29. The Morgan fingerprint density at radius 3 is 2.57 bits per heavy atom. The van der Waals surface area contributed by atoms with Crippen LogP contribution < -0.4 is 10.2 Å². The van der Waals surface area contributed by atoms with Crippen molar-refractivity contribution in [2.45, 2.75) is 18.9 Å². The van der Waals surface area contributed by atoms with Crippen molar-refractivity contribution in [3.05, 3.63) is 39.7 Å². The van der Waals surface area contributed by atoms with Crippen molar-refractivity contribution >= 4 is 16.9 Å². The third-order valence-electron chi connectivity index (χ3n) is 3.55. The van der Waals surface area contributed by atoms with Crippen LogP contribution in [0.15, 0.2) is 17.1 Å². The molecule has 0 amide bonds. The zero-order chi connectivity index (χ0) is 15.3. The number of hydrogen-bond donors (Lipinski definition) is 1. The summed E-state index contributed by atoms with van der Waals surface area (Å²) in [7, 11) is 1.14. The maximum Gasteiger partial charge on any atom is 0.341 e. The van der Waals surface area contributed by atoms with Crippen molar-refractivity contribution in [3.8, 4) is 5.75 Å². The molecule has 0 atom stereocenters. The van der Waals surface area contributed by atoms with Crippen LogP contribution >= 0.6 is 0 Å². The molecule has 1 saturated carbocycles. The van der Waals surface area contributed by atoms with Crippen molar-refractivity contribution in [1.29, 1.82) is 0 Å². The molecule has 3 rings (SSSR count). The average Bonchev–Trinajstić information content (AvgIpc) is 3.27. The van der Waals surface area contributed by atoms with E-state index in [4.69, 9.17) is 9.84 Å². The molecule has 1 heterocycles. The summed E-state index contributed by atoms with van der Waals surface area (Å²) in [4.78, 5) is 23.3. The number of ether oxygens (including phenoxy) is 1. The standard InChI is InChI=1S/C14H11F2NO4/c1-21-9-4-7-12(11(16)10(9)15)17(6-2-3-6)5-8(13(7)18)14(19)20/h4-6H,2-3H2,1H3,(H,19,20). The summed E-state index contributed by atoms with van der Waals surface area (Å²) >= 11 is 0. The van der Waals surface area contributed by atoms with Crippen LogP contribution in [0, 0.1) is 11.6 Å². The van der Waals surface area contributed by atoms with Crippen LogP contribution in [0.5, 0.6) is 5.75 Å². The molecule has 0 saturated heterocycles. The Hall–Kier alpha value is -2.44. The monoisotopic (exact) mass is 295 g/mol. The molecule has 7 heteroatoms. The van der Waals surface area contributed by atoms with Gasteiger partial charge in [0.2, 0.25) is 11.2 Å². The molecule has 1 N–H and O–H groups in total. The van der Waals surface area contributed by atoms with Gasteiger partial charge in [-0.05, 0) is 18.9 Å². The van der Waals surface area contributed by atoms with Crippen LogP contribution in [0.25, 0.3) is 10.9 Å². The molecule has 5 nitrogen and oxygen atoms in total. The first kappa shape index (κ1) is 13.5. The first-order valence-electron chi connectivity index (χ1n) is 6.29. The Kier molecular flexibility index (Phi) is 2.93. The van der Waals surface area contributed by atoms with Gasteiger partial charge in [0, 0.05) is 12.2 Å². The lowest BCUT2D eigenvalue weighted by Crippen LogP contribution is -2.20. The molecule has 0 aliphatic heterocycles. The summed E-state index contributed by atoms with van der Waals surface area (Å²) in [6.07, 6.45) is 2.54. The van der Waals surface area contributed by atoms with Gasteiger partial charge in [0.1, 0.15) is 5.56 Å². The number of methoxy groups -OCH3 is 1. The fourth-order valence-electron chi connectivity index (χ4n) is 2.37. The summed E-state index contributed by atoms with van der Waals surface area (Å²) in [5.41, 5.74) is -1.54. The average molecular weight is 295 g/mol. The van der Waals surface area contributed by atoms with Gasteiger partial charge < -0.3 is 14.4 Å². The Labute approximate surface area is 117 Å². The Balaban J connectivity index is 2.50. The topological polar surface area (TPSA) is 68.5 Å². The van der Waals surface area contributed by atoms with E-state index in [1.54, 1.807) is 0 Å². The second-order valence-electron chi connectivity index (χ2n) is 4.92. The highest BCUT2D eigenvalue weighted by Gasteiger charge is 2.29. The fraction of sp³-hybridized carbons (Fsp3) is 0.286. The quantitative estimate of drug-likeness (QED) is 0.943. The lowest BCUT2D eigenvalue weighted by molar-refractivity contribution is 0.0695. The molecule has 0 bridgehead atoms. The summed E-state index contributed by atoms with van der Waals surface area (Å²) in [5.74, 6) is -4.23. The van der Waals surface area contributed by atoms with Crippen LogP contribution in [-0.2, 0) is 0 Å². The highest BCUT2D eigenvalue weighted by molar-refractivity contribution is 5.93. The summed E-state index contributed by atoms with van der Waals surface area (Å²) < 4.78 is 34.1. The van der Waals surface area contributed by atoms with Crippen LogP contribution in [-0.4, -0.2) is 22.8 Å². The second kappa shape index (κ2) is 4.54. The highest BCUT2D eigenvalue weighted by Crippen LogP contribution is 2.38. The van der Waals surface area contributed by atoms with E-state index in [0.29, 0.717) is 0 Å². The molecule has 0 unspecified atom stereocenters. The van der Waals surface area contributed by atoms with Crippen molar-refractivity contribution in [3.63, 3.8) is 0 Å².